The van der Waals surface area contributed by atoms with E-state index in [4.69, 9.17) is 11.6 Å². The van der Waals surface area contributed by atoms with Crippen molar-refractivity contribution in [3.63, 3.8) is 0 Å². The minimum Gasteiger partial charge on any atom is -0.338 e. The number of benzene rings is 2. The molecule has 0 saturated carbocycles. The van der Waals surface area contributed by atoms with Crippen LogP contribution >= 0.6 is 18.7 Å². The van der Waals surface area contributed by atoms with Gasteiger partial charge in [-0.05, 0) is 37.6 Å². The second-order valence-electron chi connectivity index (χ2n) is 6.92. The highest BCUT2D eigenvalue weighted by atomic mass is 35.5. The molecule has 0 spiro atoms. The zero-order valence-corrected chi connectivity index (χ0v) is 17.6. The van der Waals surface area contributed by atoms with Gasteiger partial charge in [0.15, 0.2) is 5.82 Å². The molecule has 0 saturated heterocycles. The Kier molecular flexibility index (Phi) is 5.22. The van der Waals surface area contributed by atoms with Crippen LogP contribution in [0.1, 0.15) is 0 Å². The average Bonchev–Trinajstić information content (AvgIpc) is 2.70. The van der Waals surface area contributed by atoms with Gasteiger partial charge in [0.2, 0.25) is 5.95 Å². The van der Waals surface area contributed by atoms with Gasteiger partial charge in [-0.3, -0.25) is 4.98 Å². The maximum absolute atomic E-state index is 12.6. The van der Waals surface area contributed by atoms with Crippen molar-refractivity contribution in [2.75, 3.05) is 24.0 Å². The molecule has 2 N–H and O–H groups in total. The third-order valence-electron chi connectivity index (χ3n) is 4.33. The molecule has 0 unspecified atom stereocenters. The van der Waals surface area contributed by atoms with Crippen LogP contribution in [-0.4, -0.2) is 28.3 Å². The van der Waals surface area contributed by atoms with Crippen LogP contribution in [0.15, 0.2) is 67.0 Å². The summed E-state index contributed by atoms with van der Waals surface area (Å²) in [5.74, 6) is 0.807. The summed E-state index contributed by atoms with van der Waals surface area (Å²) in [5.41, 5.74) is 2.39. The molecule has 2 aromatic carbocycles. The molecule has 4 rings (SSSR count). The fourth-order valence-electron chi connectivity index (χ4n) is 2.96. The first-order valence-electron chi connectivity index (χ1n) is 8.96. The van der Waals surface area contributed by atoms with Crippen LogP contribution in [0.2, 0.25) is 5.02 Å². The molecule has 6 nitrogen and oxygen atoms in total. The van der Waals surface area contributed by atoms with E-state index < -0.39 is 7.14 Å². The summed E-state index contributed by atoms with van der Waals surface area (Å²) in [7, 11) is -2.47. The van der Waals surface area contributed by atoms with Gasteiger partial charge in [0.25, 0.3) is 0 Å². The van der Waals surface area contributed by atoms with Crippen LogP contribution in [0.3, 0.4) is 0 Å². The van der Waals surface area contributed by atoms with Crippen molar-refractivity contribution < 1.29 is 4.57 Å². The number of nitrogens with zero attached hydrogens (tertiary/aromatic N) is 3. The first-order valence-corrected chi connectivity index (χ1v) is 11.9. The van der Waals surface area contributed by atoms with Gasteiger partial charge >= 0.3 is 0 Å². The van der Waals surface area contributed by atoms with Crippen LogP contribution in [0.4, 0.5) is 23.1 Å². The summed E-state index contributed by atoms with van der Waals surface area (Å²) in [6.45, 7) is 3.46. The number of rotatable bonds is 5. The number of anilines is 4. The Morgan fingerprint density at radius 1 is 0.931 bits per heavy atom. The number of aromatic nitrogens is 3. The van der Waals surface area contributed by atoms with Crippen molar-refractivity contribution >= 4 is 58.1 Å². The summed E-state index contributed by atoms with van der Waals surface area (Å²) < 4.78 is 12.6. The van der Waals surface area contributed by atoms with E-state index in [2.05, 4.69) is 25.6 Å². The molecule has 0 atom stereocenters. The summed E-state index contributed by atoms with van der Waals surface area (Å²) in [6, 6.07) is 17.3. The lowest BCUT2D eigenvalue weighted by molar-refractivity contribution is 0.588. The largest absolute Gasteiger partial charge is 0.338 e. The molecule has 0 amide bonds. The standard InChI is InChI=1S/C21H19ClN5OP/c1-29(2,28)19-10-6-5-9-18(19)26-20-16(22)13-24-21(27-20)25-15-11-14-7-3-4-8-17(14)23-12-15/h3-13H,1-2H3,(H2,24,25,26,27). The summed E-state index contributed by atoms with van der Waals surface area (Å²) in [5, 5.41) is 8.47. The Balaban J connectivity index is 1.64. The number of nitrogens with one attached hydrogen (secondary N) is 2. The van der Waals surface area contributed by atoms with Gasteiger partial charge in [-0.25, -0.2) is 4.98 Å². The Morgan fingerprint density at radius 2 is 1.69 bits per heavy atom. The molecule has 2 aromatic heterocycles. The predicted octanol–water partition coefficient (Wildman–Crippen LogP) is 5.41. The molecule has 0 radical (unpaired) electrons. The summed E-state index contributed by atoms with van der Waals surface area (Å²) in [6.07, 6.45) is 3.25. The lowest BCUT2D eigenvalue weighted by Gasteiger charge is -2.15. The average molecular weight is 424 g/mol. The second-order valence-corrected chi connectivity index (χ2v) is 10.5. The summed E-state index contributed by atoms with van der Waals surface area (Å²) >= 11 is 6.30. The number of hydrogen-bond acceptors (Lipinski definition) is 6. The molecule has 2 heterocycles. The fraction of sp³-hybridized carbons (Fsp3) is 0.0952. The van der Waals surface area contributed by atoms with Gasteiger partial charge in [0.1, 0.15) is 12.2 Å². The number of fused-ring (bicyclic) bond motifs is 1. The molecule has 4 aromatic rings. The van der Waals surface area contributed by atoms with E-state index in [1.54, 1.807) is 19.5 Å². The van der Waals surface area contributed by atoms with Crippen molar-refractivity contribution in [3.05, 3.63) is 72.0 Å². The highest BCUT2D eigenvalue weighted by Crippen LogP contribution is 2.38. The highest BCUT2D eigenvalue weighted by molar-refractivity contribution is 7.70. The van der Waals surface area contributed by atoms with Gasteiger partial charge in [-0.2, -0.15) is 4.98 Å². The molecule has 29 heavy (non-hydrogen) atoms. The second kappa shape index (κ2) is 7.82. The van der Waals surface area contributed by atoms with Gasteiger partial charge < -0.3 is 15.2 Å². The Morgan fingerprint density at radius 3 is 2.52 bits per heavy atom. The van der Waals surface area contributed by atoms with Crippen LogP contribution in [0.5, 0.6) is 0 Å². The molecule has 8 heteroatoms. The Labute approximate surface area is 173 Å². The van der Waals surface area contributed by atoms with Crippen LogP contribution < -0.4 is 15.9 Å². The van der Waals surface area contributed by atoms with Crippen LogP contribution in [0.25, 0.3) is 10.9 Å². The number of halogens is 1. The monoisotopic (exact) mass is 423 g/mol. The number of hydrogen-bond donors (Lipinski definition) is 2. The molecule has 0 fully saturated rings. The quantitative estimate of drug-likeness (QED) is 0.417. The molecular weight excluding hydrogens is 405 g/mol. The minimum absolute atomic E-state index is 0.365. The van der Waals surface area contributed by atoms with Gasteiger partial charge in [-0.1, -0.05) is 41.9 Å². The van der Waals surface area contributed by atoms with Crippen LogP contribution in [-0.2, 0) is 4.57 Å². The normalized spacial score (nSPS) is 11.4. The topological polar surface area (TPSA) is 79.8 Å². The highest BCUT2D eigenvalue weighted by Gasteiger charge is 2.17. The van der Waals surface area contributed by atoms with E-state index in [0.717, 1.165) is 21.9 Å². The Bertz CT molecular complexity index is 1240. The van der Waals surface area contributed by atoms with E-state index in [0.29, 0.717) is 22.5 Å². The van der Waals surface area contributed by atoms with Crippen molar-refractivity contribution in [1.82, 2.24) is 15.0 Å². The van der Waals surface area contributed by atoms with E-state index in [1.165, 1.54) is 6.20 Å². The third-order valence-corrected chi connectivity index (χ3v) is 6.15. The fourth-order valence-corrected chi connectivity index (χ4v) is 4.25. The van der Waals surface area contributed by atoms with Gasteiger partial charge in [-0.15, -0.1) is 0 Å². The van der Waals surface area contributed by atoms with E-state index in [-0.39, 0.29) is 0 Å². The maximum atomic E-state index is 12.6. The molecule has 0 bridgehead atoms. The van der Waals surface area contributed by atoms with Crippen LogP contribution in [0, 0.1) is 0 Å². The summed E-state index contributed by atoms with van der Waals surface area (Å²) in [4.78, 5) is 13.2. The van der Waals surface area contributed by atoms with Crippen molar-refractivity contribution in [3.8, 4) is 0 Å². The lowest BCUT2D eigenvalue weighted by Crippen LogP contribution is -2.10. The van der Waals surface area contributed by atoms with E-state index in [1.807, 2.05) is 54.6 Å². The minimum atomic E-state index is -2.47. The maximum Gasteiger partial charge on any atom is 0.229 e. The number of pyridine rings is 1. The van der Waals surface area contributed by atoms with E-state index in [9.17, 15) is 4.57 Å². The Hall–Kier alpha value is -2.95. The molecular formula is C21H19ClN5OP. The third kappa shape index (κ3) is 4.39. The first-order chi connectivity index (χ1) is 13.9. The lowest BCUT2D eigenvalue weighted by atomic mass is 10.2. The van der Waals surface area contributed by atoms with Crippen molar-refractivity contribution in [2.45, 2.75) is 0 Å². The predicted molar refractivity (Wildman–Crippen MR) is 121 cm³/mol. The molecule has 0 aliphatic carbocycles. The number of para-hydroxylation sites is 2. The first kappa shape index (κ1) is 19.4. The van der Waals surface area contributed by atoms with Gasteiger partial charge in [0, 0.05) is 10.7 Å². The van der Waals surface area contributed by atoms with E-state index >= 15 is 0 Å². The molecule has 146 valence electrons. The van der Waals surface area contributed by atoms with Gasteiger partial charge in [0.05, 0.1) is 29.3 Å². The molecule has 0 aliphatic rings. The SMILES string of the molecule is CP(C)(=O)c1ccccc1Nc1nc(Nc2cnc3ccccc3c2)ncc1Cl. The smallest absolute Gasteiger partial charge is 0.229 e. The van der Waals surface area contributed by atoms with Crippen molar-refractivity contribution in [1.29, 1.82) is 0 Å². The van der Waals surface area contributed by atoms with Crippen molar-refractivity contribution in [2.24, 2.45) is 0 Å². The zero-order chi connectivity index (χ0) is 20.4. The zero-order valence-electron chi connectivity index (χ0n) is 15.9. The molecule has 0 aliphatic heterocycles.